The van der Waals surface area contributed by atoms with Gasteiger partial charge in [0, 0.05) is 42.4 Å². The summed E-state index contributed by atoms with van der Waals surface area (Å²) in [6.07, 6.45) is 3.81. The number of hydrogen-bond acceptors (Lipinski definition) is 8. The van der Waals surface area contributed by atoms with E-state index in [1.807, 2.05) is 13.8 Å². The van der Waals surface area contributed by atoms with E-state index in [-0.39, 0.29) is 35.3 Å². The van der Waals surface area contributed by atoms with Gasteiger partial charge >= 0.3 is 0 Å². The van der Waals surface area contributed by atoms with Crippen LogP contribution in [0.3, 0.4) is 0 Å². The van der Waals surface area contributed by atoms with E-state index < -0.39 is 5.82 Å². The Morgan fingerprint density at radius 2 is 1.77 bits per heavy atom. The standard InChI is InChI=1S/C29H28FN7O3/c1-5-26(38)37(18(2)3)21-8-6-7-20(15-21)34-27-24(30)17-33-29(36-27)35-19-9-11-22(12-10-19)40-23-13-14-32-25(16-23)28(39)31-4/h5-18H,1H2,2-4H3,(H,31,39)(H2,33,34,35,36). The number of halogens is 1. The molecule has 2 amide bonds. The van der Waals surface area contributed by atoms with Gasteiger partial charge in [0.25, 0.3) is 11.8 Å². The summed E-state index contributed by atoms with van der Waals surface area (Å²) in [5.41, 5.74) is 2.06. The number of amides is 2. The molecule has 0 fully saturated rings. The first-order valence-corrected chi connectivity index (χ1v) is 12.4. The molecule has 4 aromatic rings. The molecule has 0 bridgehead atoms. The second-order valence-corrected chi connectivity index (χ2v) is 8.78. The zero-order chi connectivity index (χ0) is 28.6. The molecule has 0 aliphatic carbocycles. The van der Waals surface area contributed by atoms with Crippen LogP contribution in [0.2, 0.25) is 0 Å². The van der Waals surface area contributed by atoms with E-state index in [4.69, 9.17) is 4.74 Å². The Morgan fingerprint density at radius 3 is 2.48 bits per heavy atom. The van der Waals surface area contributed by atoms with Crippen molar-refractivity contribution in [3.63, 3.8) is 0 Å². The lowest BCUT2D eigenvalue weighted by Gasteiger charge is -2.26. The van der Waals surface area contributed by atoms with E-state index >= 15 is 0 Å². The summed E-state index contributed by atoms with van der Waals surface area (Å²) < 4.78 is 20.4. The molecular weight excluding hydrogens is 513 g/mol. The van der Waals surface area contributed by atoms with Crippen LogP contribution in [0, 0.1) is 5.82 Å². The molecule has 0 saturated heterocycles. The Morgan fingerprint density at radius 1 is 1.00 bits per heavy atom. The van der Waals surface area contributed by atoms with Gasteiger partial charge in [-0.25, -0.2) is 9.37 Å². The monoisotopic (exact) mass is 541 g/mol. The van der Waals surface area contributed by atoms with Crippen LogP contribution in [0.5, 0.6) is 11.5 Å². The fourth-order valence-electron chi connectivity index (χ4n) is 3.76. The topological polar surface area (TPSA) is 121 Å². The number of benzene rings is 2. The molecule has 0 atom stereocenters. The molecule has 0 aliphatic rings. The van der Waals surface area contributed by atoms with E-state index in [1.165, 1.54) is 19.3 Å². The van der Waals surface area contributed by atoms with Crippen LogP contribution in [0.1, 0.15) is 24.3 Å². The third-order valence-electron chi connectivity index (χ3n) is 5.60. The lowest BCUT2D eigenvalue weighted by molar-refractivity contribution is -0.114. The molecule has 0 aliphatic heterocycles. The van der Waals surface area contributed by atoms with Crippen molar-refractivity contribution in [2.45, 2.75) is 19.9 Å². The second kappa shape index (κ2) is 12.5. The van der Waals surface area contributed by atoms with E-state index in [0.717, 1.165) is 6.20 Å². The van der Waals surface area contributed by atoms with Gasteiger partial charge in [-0.1, -0.05) is 12.6 Å². The van der Waals surface area contributed by atoms with Gasteiger partial charge in [-0.3, -0.25) is 14.6 Å². The van der Waals surface area contributed by atoms with Crippen LogP contribution < -0.4 is 25.6 Å². The zero-order valence-corrected chi connectivity index (χ0v) is 22.2. The molecule has 4 rings (SSSR count). The fourth-order valence-corrected chi connectivity index (χ4v) is 3.76. The Hall–Kier alpha value is -5.32. The highest BCUT2D eigenvalue weighted by Crippen LogP contribution is 2.27. The molecule has 0 unspecified atom stereocenters. The van der Waals surface area contributed by atoms with Crippen LogP contribution in [0.25, 0.3) is 0 Å². The molecule has 2 heterocycles. The maximum atomic E-state index is 14.6. The minimum Gasteiger partial charge on any atom is -0.457 e. The molecule has 0 saturated carbocycles. The van der Waals surface area contributed by atoms with Crippen molar-refractivity contribution in [1.29, 1.82) is 0 Å². The summed E-state index contributed by atoms with van der Waals surface area (Å²) in [6.45, 7) is 7.35. The number of nitrogens with one attached hydrogen (secondary N) is 3. The summed E-state index contributed by atoms with van der Waals surface area (Å²) in [5, 5.41) is 8.51. The average Bonchev–Trinajstić information content (AvgIpc) is 2.95. The third kappa shape index (κ3) is 6.76. The first-order valence-electron chi connectivity index (χ1n) is 12.4. The first kappa shape index (κ1) is 27.7. The van der Waals surface area contributed by atoms with Crippen molar-refractivity contribution in [3.8, 4) is 11.5 Å². The summed E-state index contributed by atoms with van der Waals surface area (Å²) in [5.74, 6) is -0.0670. The van der Waals surface area contributed by atoms with Crippen molar-refractivity contribution >= 4 is 40.6 Å². The maximum Gasteiger partial charge on any atom is 0.269 e. The zero-order valence-electron chi connectivity index (χ0n) is 22.2. The molecule has 0 radical (unpaired) electrons. The second-order valence-electron chi connectivity index (χ2n) is 8.78. The summed E-state index contributed by atoms with van der Waals surface area (Å²) in [7, 11) is 1.53. The number of carbonyl (C=O) groups excluding carboxylic acids is 2. The number of ether oxygens (including phenoxy) is 1. The Bertz CT molecular complexity index is 1530. The van der Waals surface area contributed by atoms with Crippen LogP contribution in [-0.4, -0.2) is 39.9 Å². The highest BCUT2D eigenvalue weighted by atomic mass is 19.1. The van der Waals surface area contributed by atoms with Gasteiger partial charge in [0.2, 0.25) is 5.95 Å². The van der Waals surface area contributed by atoms with Crippen molar-refractivity contribution in [2.75, 3.05) is 22.6 Å². The van der Waals surface area contributed by atoms with Crippen molar-refractivity contribution < 1.29 is 18.7 Å². The minimum atomic E-state index is -0.643. The Labute approximate surface area is 231 Å². The summed E-state index contributed by atoms with van der Waals surface area (Å²) in [6, 6.07) is 17.1. The number of hydrogen-bond donors (Lipinski definition) is 3. The molecule has 40 heavy (non-hydrogen) atoms. The van der Waals surface area contributed by atoms with Gasteiger partial charge in [-0.05, 0) is 68.5 Å². The SMILES string of the molecule is C=CC(=O)N(c1cccc(Nc2nc(Nc3ccc(Oc4ccnc(C(=O)NC)c4)cc3)ncc2F)c1)C(C)C. The van der Waals surface area contributed by atoms with Crippen LogP contribution in [0.15, 0.2) is 85.7 Å². The fraction of sp³-hybridized carbons (Fsp3) is 0.138. The van der Waals surface area contributed by atoms with Crippen molar-refractivity contribution in [2.24, 2.45) is 0 Å². The third-order valence-corrected chi connectivity index (χ3v) is 5.60. The number of rotatable bonds is 10. The molecule has 0 spiro atoms. The molecule has 204 valence electrons. The normalized spacial score (nSPS) is 10.5. The Balaban J connectivity index is 1.46. The van der Waals surface area contributed by atoms with Gasteiger partial charge < -0.3 is 25.6 Å². The number of anilines is 5. The average molecular weight is 542 g/mol. The van der Waals surface area contributed by atoms with E-state index in [2.05, 4.69) is 37.5 Å². The molecule has 2 aromatic heterocycles. The number of pyridine rings is 1. The molecular formula is C29H28FN7O3. The summed E-state index contributed by atoms with van der Waals surface area (Å²) >= 11 is 0. The molecule has 11 heteroatoms. The Kier molecular flexibility index (Phi) is 8.65. The maximum absolute atomic E-state index is 14.6. The highest BCUT2D eigenvalue weighted by Gasteiger charge is 2.17. The quantitative estimate of drug-likeness (QED) is 0.223. The molecule has 10 nitrogen and oxygen atoms in total. The number of aromatic nitrogens is 3. The highest BCUT2D eigenvalue weighted by molar-refractivity contribution is 6.01. The van der Waals surface area contributed by atoms with Gasteiger partial charge in [0.15, 0.2) is 11.6 Å². The summed E-state index contributed by atoms with van der Waals surface area (Å²) in [4.78, 5) is 38.0. The minimum absolute atomic E-state index is 0.0367. The smallest absolute Gasteiger partial charge is 0.269 e. The van der Waals surface area contributed by atoms with Gasteiger partial charge in [-0.2, -0.15) is 4.98 Å². The predicted molar refractivity (Wildman–Crippen MR) is 152 cm³/mol. The molecule has 2 aromatic carbocycles. The number of carbonyl (C=O) groups is 2. The van der Waals surface area contributed by atoms with E-state index in [1.54, 1.807) is 65.6 Å². The van der Waals surface area contributed by atoms with Crippen LogP contribution >= 0.6 is 0 Å². The largest absolute Gasteiger partial charge is 0.457 e. The number of nitrogens with zero attached hydrogens (tertiary/aromatic N) is 4. The predicted octanol–water partition coefficient (Wildman–Crippen LogP) is 5.58. The first-order chi connectivity index (χ1) is 19.3. The van der Waals surface area contributed by atoms with Crippen molar-refractivity contribution in [3.05, 3.63) is 97.2 Å². The van der Waals surface area contributed by atoms with E-state index in [9.17, 15) is 14.0 Å². The van der Waals surface area contributed by atoms with Crippen molar-refractivity contribution in [1.82, 2.24) is 20.3 Å². The van der Waals surface area contributed by atoms with Gasteiger partial charge in [0.05, 0.1) is 6.20 Å². The van der Waals surface area contributed by atoms with Gasteiger partial charge in [0.1, 0.15) is 17.2 Å². The van der Waals surface area contributed by atoms with Gasteiger partial charge in [-0.15, -0.1) is 0 Å². The van der Waals surface area contributed by atoms with Crippen LogP contribution in [-0.2, 0) is 4.79 Å². The lowest BCUT2D eigenvalue weighted by Crippen LogP contribution is -2.35. The lowest BCUT2D eigenvalue weighted by atomic mass is 10.2. The molecule has 3 N–H and O–H groups in total. The van der Waals surface area contributed by atoms with Crippen LogP contribution in [0.4, 0.5) is 33.2 Å². The van der Waals surface area contributed by atoms with E-state index in [0.29, 0.717) is 28.6 Å².